The van der Waals surface area contributed by atoms with Crippen molar-refractivity contribution < 1.29 is 4.39 Å². The Balaban J connectivity index is 2.46. The molecule has 1 N–H and O–H groups in total. The van der Waals surface area contributed by atoms with Crippen molar-refractivity contribution in [2.24, 2.45) is 0 Å². The molecule has 1 aromatic rings. The zero-order valence-corrected chi connectivity index (χ0v) is 11.2. The van der Waals surface area contributed by atoms with Gasteiger partial charge in [-0.05, 0) is 37.4 Å². The van der Waals surface area contributed by atoms with Gasteiger partial charge in [0, 0.05) is 12.2 Å². The Kier molecular flexibility index (Phi) is 7.26. The van der Waals surface area contributed by atoms with Gasteiger partial charge in [0.15, 0.2) is 0 Å². The molecule has 3 heteroatoms. The Hall–Kier alpha value is -1.22. The van der Waals surface area contributed by atoms with E-state index < -0.39 is 0 Å². The molecule has 1 heterocycles. The van der Waals surface area contributed by atoms with E-state index in [1.807, 2.05) is 6.08 Å². The summed E-state index contributed by atoms with van der Waals surface area (Å²) in [5.41, 5.74) is 0.945. The molecule has 0 aromatic carbocycles. The summed E-state index contributed by atoms with van der Waals surface area (Å²) in [6.07, 6.45) is 10.6. The van der Waals surface area contributed by atoms with E-state index in [1.165, 1.54) is 19.0 Å². The molecule has 0 radical (unpaired) electrons. The molecular weight excluding hydrogens is 227 g/mol. The second-order valence-electron chi connectivity index (χ2n) is 4.47. The number of unbranched alkanes of at least 4 members (excludes halogenated alkanes) is 3. The quantitative estimate of drug-likeness (QED) is 0.529. The molecule has 100 valence electrons. The molecule has 1 aromatic heterocycles. The van der Waals surface area contributed by atoms with Crippen molar-refractivity contribution in [2.75, 3.05) is 6.54 Å². The molecule has 1 atom stereocenters. The molecule has 1 unspecified atom stereocenters. The van der Waals surface area contributed by atoms with Crippen molar-refractivity contribution in [3.8, 4) is 0 Å². The van der Waals surface area contributed by atoms with Gasteiger partial charge in [0.1, 0.15) is 5.82 Å². The predicted octanol–water partition coefficient (Wildman–Crippen LogP) is 4.01. The van der Waals surface area contributed by atoms with Gasteiger partial charge in [-0.2, -0.15) is 0 Å². The Morgan fingerprint density at radius 3 is 2.89 bits per heavy atom. The van der Waals surface area contributed by atoms with Crippen LogP contribution in [-0.4, -0.2) is 11.5 Å². The zero-order valence-electron chi connectivity index (χ0n) is 11.2. The molecule has 0 spiro atoms. The lowest BCUT2D eigenvalue weighted by atomic mass is 10.0. The van der Waals surface area contributed by atoms with Crippen molar-refractivity contribution in [1.29, 1.82) is 0 Å². The first-order chi connectivity index (χ1) is 8.77. The van der Waals surface area contributed by atoms with Crippen LogP contribution in [0.3, 0.4) is 0 Å². The van der Waals surface area contributed by atoms with Gasteiger partial charge in [-0.25, -0.2) is 4.39 Å². The van der Waals surface area contributed by atoms with Crippen molar-refractivity contribution in [2.45, 2.75) is 45.1 Å². The largest absolute Gasteiger partial charge is 0.310 e. The first-order valence-electron chi connectivity index (χ1n) is 6.72. The van der Waals surface area contributed by atoms with E-state index in [1.54, 1.807) is 12.3 Å². The second kappa shape index (κ2) is 8.81. The summed E-state index contributed by atoms with van der Waals surface area (Å²) < 4.78 is 13.2. The van der Waals surface area contributed by atoms with Crippen molar-refractivity contribution in [1.82, 2.24) is 10.3 Å². The number of pyridine rings is 1. The fourth-order valence-electron chi connectivity index (χ4n) is 2.07. The summed E-state index contributed by atoms with van der Waals surface area (Å²) in [7, 11) is 0. The van der Waals surface area contributed by atoms with Crippen LogP contribution in [0.4, 0.5) is 4.39 Å². The van der Waals surface area contributed by atoms with E-state index in [9.17, 15) is 4.39 Å². The monoisotopic (exact) mass is 250 g/mol. The third-order valence-electron chi connectivity index (χ3n) is 2.98. The van der Waals surface area contributed by atoms with E-state index in [4.69, 9.17) is 0 Å². The molecule has 0 amide bonds. The Morgan fingerprint density at radius 1 is 1.39 bits per heavy atom. The van der Waals surface area contributed by atoms with E-state index in [-0.39, 0.29) is 11.9 Å². The average molecular weight is 250 g/mol. The highest BCUT2D eigenvalue weighted by Gasteiger charge is 2.10. The molecule has 0 saturated carbocycles. The van der Waals surface area contributed by atoms with Gasteiger partial charge in [-0.3, -0.25) is 4.98 Å². The highest BCUT2D eigenvalue weighted by molar-refractivity contribution is 5.14. The maximum atomic E-state index is 13.2. The lowest BCUT2D eigenvalue weighted by Crippen LogP contribution is -2.21. The zero-order chi connectivity index (χ0) is 13.2. The van der Waals surface area contributed by atoms with Crippen LogP contribution in [0.25, 0.3) is 0 Å². The fourth-order valence-corrected chi connectivity index (χ4v) is 2.07. The predicted molar refractivity (Wildman–Crippen MR) is 73.9 cm³/mol. The Labute approximate surface area is 109 Å². The number of rotatable bonds is 9. The van der Waals surface area contributed by atoms with Gasteiger partial charge < -0.3 is 5.32 Å². The molecule has 0 saturated heterocycles. The van der Waals surface area contributed by atoms with Crippen LogP contribution < -0.4 is 5.32 Å². The molecular formula is C15H23FN2. The van der Waals surface area contributed by atoms with Crippen LogP contribution in [0, 0.1) is 5.82 Å². The fraction of sp³-hybridized carbons (Fsp3) is 0.533. The summed E-state index contributed by atoms with van der Waals surface area (Å²) in [5, 5.41) is 3.39. The number of allylic oxidation sites excluding steroid dienone is 1. The van der Waals surface area contributed by atoms with Crippen LogP contribution >= 0.6 is 0 Å². The topological polar surface area (TPSA) is 24.9 Å². The first kappa shape index (κ1) is 14.8. The molecule has 1 rings (SSSR count). The van der Waals surface area contributed by atoms with Crippen molar-refractivity contribution >= 4 is 0 Å². The summed E-state index contributed by atoms with van der Waals surface area (Å²) in [6, 6.07) is 1.78. The lowest BCUT2D eigenvalue weighted by molar-refractivity contribution is 0.479. The highest BCUT2D eigenvalue weighted by atomic mass is 19.1. The molecule has 0 bridgehead atoms. The smallest absolute Gasteiger partial charge is 0.141 e. The summed E-state index contributed by atoms with van der Waals surface area (Å²) in [4.78, 5) is 3.92. The third-order valence-corrected chi connectivity index (χ3v) is 2.98. The minimum atomic E-state index is -0.262. The molecule has 0 fully saturated rings. The van der Waals surface area contributed by atoms with Gasteiger partial charge in [-0.15, -0.1) is 6.58 Å². The van der Waals surface area contributed by atoms with Crippen molar-refractivity contribution in [3.63, 3.8) is 0 Å². The third kappa shape index (κ3) is 5.41. The standard InChI is InChI=1S/C15H23FN2/c1-3-5-6-7-8-9-15(18-4-2)13-10-14(16)12-17-11-13/h3,10-12,15,18H,1,4-9H2,2H3. The maximum Gasteiger partial charge on any atom is 0.141 e. The molecule has 0 aliphatic heterocycles. The number of nitrogens with zero attached hydrogens (tertiary/aromatic N) is 1. The maximum absolute atomic E-state index is 13.2. The van der Waals surface area contributed by atoms with E-state index in [0.717, 1.165) is 31.4 Å². The van der Waals surface area contributed by atoms with Crippen LogP contribution in [0.1, 0.15) is 50.6 Å². The van der Waals surface area contributed by atoms with Gasteiger partial charge in [0.25, 0.3) is 0 Å². The van der Waals surface area contributed by atoms with Crippen molar-refractivity contribution in [3.05, 3.63) is 42.5 Å². The number of nitrogens with one attached hydrogen (secondary N) is 1. The van der Waals surface area contributed by atoms with E-state index in [0.29, 0.717) is 0 Å². The Morgan fingerprint density at radius 2 is 2.22 bits per heavy atom. The Bertz CT molecular complexity index is 352. The minimum absolute atomic E-state index is 0.210. The SMILES string of the molecule is C=CCCCCCC(NCC)c1cncc(F)c1. The van der Waals surface area contributed by atoms with Gasteiger partial charge >= 0.3 is 0 Å². The van der Waals surface area contributed by atoms with Crippen LogP contribution in [0.15, 0.2) is 31.1 Å². The minimum Gasteiger partial charge on any atom is -0.310 e. The average Bonchev–Trinajstić information content (AvgIpc) is 2.37. The van der Waals surface area contributed by atoms with Crippen LogP contribution in [-0.2, 0) is 0 Å². The summed E-state index contributed by atoms with van der Waals surface area (Å²) >= 11 is 0. The van der Waals surface area contributed by atoms with E-state index in [2.05, 4.69) is 23.8 Å². The highest BCUT2D eigenvalue weighted by Crippen LogP contribution is 2.20. The molecule has 2 nitrogen and oxygen atoms in total. The van der Waals surface area contributed by atoms with Gasteiger partial charge in [0.2, 0.25) is 0 Å². The molecule has 18 heavy (non-hydrogen) atoms. The van der Waals surface area contributed by atoms with Crippen LogP contribution in [0.5, 0.6) is 0 Å². The molecule has 0 aliphatic rings. The summed E-state index contributed by atoms with van der Waals surface area (Å²) in [5.74, 6) is -0.262. The molecule has 0 aliphatic carbocycles. The van der Waals surface area contributed by atoms with Crippen LogP contribution in [0.2, 0.25) is 0 Å². The number of aromatic nitrogens is 1. The second-order valence-corrected chi connectivity index (χ2v) is 4.47. The normalized spacial score (nSPS) is 12.3. The van der Waals surface area contributed by atoms with Gasteiger partial charge in [0.05, 0.1) is 6.20 Å². The number of hydrogen-bond acceptors (Lipinski definition) is 2. The van der Waals surface area contributed by atoms with Gasteiger partial charge in [-0.1, -0.05) is 25.8 Å². The summed E-state index contributed by atoms with van der Waals surface area (Å²) in [6.45, 7) is 6.67. The lowest BCUT2D eigenvalue weighted by Gasteiger charge is -2.17. The number of halogens is 1. The van der Waals surface area contributed by atoms with E-state index >= 15 is 0 Å². The number of hydrogen-bond donors (Lipinski definition) is 1. The first-order valence-corrected chi connectivity index (χ1v) is 6.72.